The first-order valence-electron chi connectivity index (χ1n) is 8.21. The van der Waals surface area contributed by atoms with Crippen molar-refractivity contribution in [3.63, 3.8) is 0 Å². The number of aliphatic hydroxyl groups is 2. The van der Waals surface area contributed by atoms with Crippen LogP contribution < -0.4 is 0 Å². The Morgan fingerprint density at radius 2 is 1.39 bits per heavy atom. The number of hydrogen-bond donors (Lipinski definition) is 2. The fraction of sp³-hybridized carbons (Fsp3) is 0.765. The summed E-state index contributed by atoms with van der Waals surface area (Å²) in [6.45, 7) is 9.34. The molecule has 162 valence electrons. The number of alkyl halides is 1. The van der Waals surface area contributed by atoms with Crippen LogP contribution in [0, 0.1) is 87.3 Å². The molecule has 6 atom stereocenters. The molecule has 0 amide bonds. The minimum Gasteiger partial charge on any atom is -0.545 e. The number of rotatable bonds is 4. The predicted octanol–water partition coefficient (Wildman–Crippen LogP) is 1.07. The number of carbonyl (C=O) groups excluding carboxylic acids is 2. The molecule has 0 bridgehead atoms. The van der Waals surface area contributed by atoms with E-state index in [0.29, 0.717) is 0 Å². The average Bonchev–Trinajstić information content (AvgIpc) is 3.12. The fourth-order valence-corrected chi connectivity index (χ4v) is 2.41. The van der Waals surface area contributed by atoms with Gasteiger partial charge in [0.05, 0.1) is 25.4 Å². The van der Waals surface area contributed by atoms with E-state index < -0.39 is 6.10 Å². The molecule has 28 heavy (non-hydrogen) atoms. The Kier molecular flexibility index (Phi) is 22.8. The van der Waals surface area contributed by atoms with Crippen LogP contribution in [0.15, 0.2) is 0 Å². The van der Waals surface area contributed by atoms with Crippen LogP contribution in [-0.4, -0.2) is 66.2 Å². The molecule has 6 unspecified atom stereocenters. The molecule has 0 spiro atoms. The van der Waals surface area contributed by atoms with Gasteiger partial charge in [-0.3, -0.25) is 9.59 Å². The molecule has 2 N–H and O–H groups in total. The molecule has 0 saturated carbocycles. The van der Waals surface area contributed by atoms with E-state index in [1.165, 1.54) is 26.8 Å². The van der Waals surface area contributed by atoms with Gasteiger partial charge in [0.1, 0.15) is 6.10 Å². The third-order valence-electron chi connectivity index (χ3n) is 3.81. The second kappa shape index (κ2) is 18.9. The zero-order valence-electron chi connectivity index (χ0n) is 16.8. The zero-order chi connectivity index (χ0) is 20.3. The van der Waals surface area contributed by atoms with E-state index in [-0.39, 0.29) is 118 Å². The standard InChI is InChI=1S/2C8H13O4.CH3Cl.2U/c1-5-7(3-9)11-4-8(5)12-6(2)10;1-5-4-11-7(3-9)8(5)12-6(2)10;1-2;;/h2*4-5,7-9H,3H2,1-2H3;1H3;;/q2*-1;;;. The van der Waals surface area contributed by atoms with E-state index in [1.807, 2.05) is 13.8 Å². The molecule has 0 radical (unpaired) electrons. The van der Waals surface area contributed by atoms with Crippen molar-refractivity contribution in [2.75, 3.05) is 19.6 Å². The van der Waals surface area contributed by atoms with E-state index in [4.69, 9.17) is 29.2 Å². The van der Waals surface area contributed by atoms with E-state index >= 15 is 0 Å². The van der Waals surface area contributed by atoms with Crippen molar-refractivity contribution < 1.29 is 101 Å². The number of hydrogen-bond acceptors (Lipinski definition) is 8. The summed E-state index contributed by atoms with van der Waals surface area (Å²) in [5.41, 5.74) is 0. The maximum absolute atomic E-state index is 10.6. The number of aliphatic hydroxyl groups excluding tert-OH is 2. The monoisotopic (exact) mass is 872 g/mol. The summed E-state index contributed by atoms with van der Waals surface area (Å²) >= 11 is 4.64. The summed E-state index contributed by atoms with van der Waals surface area (Å²) in [5.74, 6) is -0.598. The van der Waals surface area contributed by atoms with Crippen molar-refractivity contribution in [3.05, 3.63) is 13.2 Å². The first kappa shape index (κ1) is 33.8. The van der Waals surface area contributed by atoms with Crippen molar-refractivity contribution in [2.45, 2.75) is 52.1 Å². The summed E-state index contributed by atoms with van der Waals surface area (Å²) in [5, 5.41) is 17.6. The van der Waals surface area contributed by atoms with Crippen LogP contribution in [-0.2, 0) is 28.5 Å². The fourth-order valence-electron chi connectivity index (χ4n) is 2.41. The molecule has 2 heterocycles. The Hall–Kier alpha value is 1.17. The van der Waals surface area contributed by atoms with Gasteiger partial charge in [-0.2, -0.15) is 6.61 Å². The molecule has 2 fully saturated rings. The average molecular weight is 873 g/mol. The van der Waals surface area contributed by atoms with Gasteiger partial charge >= 0.3 is 5.97 Å². The van der Waals surface area contributed by atoms with Crippen molar-refractivity contribution in [2.24, 2.45) is 11.8 Å². The Morgan fingerprint density at radius 3 is 1.79 bits per heavy atom. The van der Waals surface area contributed by atoms with Crippen molar-refractivity contribution in [3.8, 4) is 0 Å². The van der Waals surface area contributed by atoms with Gasteiger partial charge in [-0.15, -0.1) is 17.5 Å². The maximum Gasteiger partial charge on any atom is 0.302 e. The molecule has 11 heteroatoms. The summed E-state index contributed by atoms with van der Waals surface area (Å²) < 4.78 is 20.0. The molecular weight excluding hydrogens is 844 g/mol. The summed E-state index contributed by atoms with van der Waals surface area (Å²) in [7, 11) is 0. The molecule has 8 nitrogen and oxygen atoms in total. The molecule has 2 aliphatic rings. The minimum absolute atomic E-state index is 0. The smallest absolute Gasteiger partial charge is 0.302 e. The van der Waals surface area contributed by atoms with Gasteiger partial charge in [-0.05, 0) is 5.92 Å². The molecule has 2 rings (SSSR count). The largest absolute Gasteiger partial charge is 0.545 e. The van der Waals surface area contributed by atoms with Crippen molar-refractivity contribution >= 4 is 23.5 Å². The molecule has 0 aromatic carbocycles. The first-order chi connectivity index (χ1) is 12.3. The summed E-state index contributed by atoms with van der Waals surface area (Å²) in [6, 6.07) is 0. The van der Waals surface area contributed by atoms with E-state index in [0.717, 1.165) is 0 Å². The van der Waals surface area contributed by atoms with Crippen molar-refractivity contribution in [1.29, 1.82) is 0 Å². The minimum atomic E-state index is -0.399. The number of esters is 2. The van der Waals surface area contributed by atoms with Gasteiger partial charge in [0.25, 0.3) is 5.97 Å². The zero-order valence-corrected chi connectivity index (χ0v) is 25.8. The normalized spacial score (nSPS) is 30.3. The van der Waals surface area contributed by atoms with Crippen LogP contribution in [0.4, 0.5) is 0 Å². The van der Waals surface area contributed by atoms with Gasteiger partial charge in [0.15, 0.2) is 0 Å². The summed E-state index contributed by atoms with van der Waals surface area (Å²) in [6.07, 6.45) is 0.172. The van der Waals surface area contributed by atoms with Crippen LogP contribution >= 0.6 is 11.6 Å². The Labute approximate surface area is 219 Å². The van der Waals surface area contributed by atoms with E-state index in [9.17, 15) is 9.59 Å². The molecular formula is C17H29ClO8U2-2. The van der Waals surface area contributed by atoms with Crippen LogP contribution in [0.25, 0.3) is 0 Å². The van der Waals surface area contributed by atoms with Gasteiger partial charge in [0.2, 0.25) is 0 Å². The second-order valence-corrected chi connectivity index (χ2v) is 5.85. The first-order valence-corrected chi connectivity index (χ1v) is 8.97. The maximum atomic E-state index is 10.6. The predicted molar refractivity (Wildman–Crippen MR) is 93.7 cm³/mol. The van der Waals surface area contributed by atoms with Crippen LogP contribution in [0.2, 0.25) is 0 Å². The molecule has 2 aliphatic heterocycles. The van der Waals surface area contributed by atoms with Crippen LogP contribution in [0.3, 0.4) is 0 Å². The van der Waals surface area contributed by atoms with E-state index in [2.05, 4.69) is 11.6 Å². The number of ether oxygens (including phenoxy) is 4. The Bertz CT molecular complexity index is 430. The van der Waals surface area contributed by atoms with Gasteiger partial charge < -0.3 is 29.2 Å². The second-order valence-electron chi connectivity index (χ2n) is 5.85. The van der Waals surface area contributed by atoms with Gasteiger partial charge in [-0.1, -0.05) is 13.8 Å². The van der Waals surface area contributed by atoms with Crippen LogP contribution in [0.5, 0.6) is 0 Å². The topological polar surface area (TPSA) is 112 Å². The van der Waals surface area contributed by atoms with Gasteiger partial charge in [0, 0.05) is 88.6 Å². The SMILES string of the molecule is CC(=O)OC1C(C)[CH-]OC1CO.CC(=O)OC1[CH-]OC(CO)C1C.CCl.[U].[U]. The Morgan fingerprint density at radius 1 is 0.929 bits per heavy atom. The molecule has 0 aromatic heterocycles. The van der Waals surface area contributed by atoms with Crippen LogP contribution in [0.1, 0.15) is 27.7 Å². The summed E-state index contributed by atoms with van der Waals surface area (Å²) in [4.78, 5) is 21.2. The quantitative estimate of drug-likeness (QED) is 0.246. The van der Waals surface area contributed by atoms with Gasteiger partial charge in [-0.25, -0.2) is 6.61 Å². The van der Waals surface area contributed by atoms with Crippen molar-refractivity contribution in [1.82, 2.24) is 0 Å². The number of carbonyl (C=O) groups is 2. The van der Waals surface area contributed by atoms with E-state index in [1.54, 1.807) is 6.61 Å². The Balaban J connectivity index is -0.000000385. The molecule has 0 aromatic rings. The molecule has 2 saturated heterocycles. The third kappa shape index (κ3) is 12.1. The number of halogens is 1. The molecule has 0 aliphatic carbocycles. The third-order valence-corrected chi connectivity index (χ3v) is 3.81.